The number of hydrogen-bond donors (Lipinski definition) is 1. The minimum absolute atomic E-state index is 0.0584. The molecule has 0 spiro atoms. The van der Waals surface area contributed by atoms with Crippen molar-refractivity contribution in [3.63, 3.8) is 0 Å². The molecule has 0 aliphatic carbocycles. The summed E-state index contributed by atoms with van der Waals surface area (Å²) in [4.78, 5) is 22.7. The highest BCUT2D eigenvalue weighted by molar-refractivity contribution is 6.05. The number of nitrogens with one attached hydrogen (secondary N) is 1. The van der Waals surface area contributed by atoms with E-state index in [4.69, 9.17) is 0 Å². The molecule has 0 aliphatic heterocycles. The Bertz CT molecular complexity index is 1140. The number of carbonyl (C=O) groups is 1. The van der Waals surface area contributed by atoms with Crippen LogP contribution < -0.4 is 10.2 Å². The predicted octanol–water partition coefficient (Wildman–Crippen LogP) is 4.83. The largest absolute Gasteiger partial charge is 0.380 e. The van der Waals surface area contributed by atoms with Gasteiger partial charge in [-0.3, -0.25) is 14.8 Å². The number of rotatable bonds is 5. The van der Waals surface area contributed by atoms with Gasteiger partial charge in [0.25, 0.3) is 5.91 Å². The molecule has 0 aliphatic rings. The molecule has 0 saturated heterocycles. The van der Waals surface area contributed by atoms with Gasteiger partial charge in [0.1, 0.15) is 0 Å². The highest BCUT2D eigenvalue weighted by atomic mass is 16.2. The summed E-state index contributed by atoms with van der Waals surface area (Å²) in [6.45, 7) is 2.76. The molecule has 0 bridgehead atoms. The lowest BCUT2D eigenvalue weighted by atomic mass is 10.1. The van der Waals surface area contributed by atoms with Crippen molar-refractivity contribution in [3.8, 4) is 0 Å². The van der Waals surface area contributed by atoms with Crippen molar-refractivity contribution in [1.29, 1.82) is 0 Å². The predicted molar refractivity (Wildman–Crippen MR) is 117 cm³/mol. The molecule has 2 heterocycles. The molecule has 0 radical (unpaired) electrons. The average molecular weight is 382 g/mol. The van der Waals surface area contributed by atoms with Crippen molar-refractivity contribution in [2.24, 2.45) is 0 Å². The molecule has 144 valence electrons. The molecular weight excluding hydrogens is 360 g/mol. The van der Waals surface area contributed by atoms with E-state index in [-0.39, 0.29) is 5.91 Å². The van der Waals surface area contributed by atoms with E-state index in [1.807, 2.05) is 36.5 Å². The maximum atomic E-state index is 12.6. The minimum atomic E-state index is -0.0584. The van der Waals surface area contributed by atoms with E-state index in [1.165, 1.54) is 0 Å². The number of anilines is 2. The van der Waals surface area contributed by atoms with E-state index in [0.29, 0.717) is 12.1 Å². The Morgan fingerprint density at radius 2 is 1.72 bits per heavy atom. The first-order valence-corrected chi connectivity index (χ1v) is 9.49. The maximum absolute atomic E-state index is 12.6. The summed E-state index contributed by atoms with van der Waals surface area (Å²) in [7, 11) is 1.78. The van der Waals surface area contributed by atoms with Gasteiger partial charge < -0.3 is 10.2 Å². The lowest BCUT2D eigenvalue weighted by molar-refractivity contribution is 0.0993. The molecule has 5 nitrogen and oxygen atoms in total. The van der Waals surface area contributed by atoms with Crippen molar-refractivity contribution < 1.29 is 4.79 Å². The Morgan fingerprint density at radius 3 is 2.48 bits per heavy atom. The smallest absolute Gasteiger partial charge is 0.258 e. The van der Waals surface area contributed by atoms with Crippen molar-refractivity contribution in [2.45, 2.75) is 13.5 Å². The molecular formula is C24H22N4O. The fourth-order valence-corrected chi connectivity index (χ4v) is 3.32. The van der Waals surface area contributed by atoms with Gasteiger partial charge in [-0.15, -0.1) is 0 Å². The summed E-state index contributed by atoms with van der Waals surface area (Å²) < 4.78 is 0. The topological polar surface area (TPSA) is 58.1 Å². The Labute approximate surface area is 170 Å². The summed E-state index contributed by atoms with van der Waals surface area (Å²) >= 11 is 0. The number of carbonyl (C=O) groups excluding carboxylic acids is 1. The van der Waals surface area contributed by atoms with Gasteiger partial charge in [0.15, 0.2) is 0 Å². The van der Waals surface area contributed by atoms with Gasteiger partial charge in [-0.25, -0.2) is 0 Å². The highest BCUT2D eigenvalue weighted by Crippen LogP contribution is 2.24. The summed E-state index contributed by atoms with van der Waals surface area (Å²) in [5.41, 5.74) is 5.85. The van der Waals surface area contributed by atoms with Crippen molar-refractivity contribution in [2.75, 3.05) is 17.3 Å². The molecule has 0 unspecified atom stereocenters. The van der Waals surface area contributed by atoms with Gasteiger partial charge in [-0.1, -0.05) is 30.3 Å². The fourth-order valence-electron chi connectivity index (χ4n) is 3.32. The van der Waals surface area contributed by atoms with E-state index < -0.39 is 0 Å². The summed E-state index contributed by atoms with van der Waals surface area (Å²) in [5.74, 6) is -0.0584. The summed E-state index contributed by atoms with van der Waals surface area (Å²) in [6.07, 6.45) is 5.08. The molecule has 29 heavy (non-hydrogen) atoms. The number of aromatic nitrogens is 2. The van der Waals surface area contributed by atoms with Crippen molar-refractivity contribution in [3.05, 3.63) is 95.9 Å². The number of fused-ring (bicyclic) bond motifs is 1. The molecule has 0 atom stereocenters. The molecule has 0 saturated carbocycles. The second-order valence-electron chi connectivity index (χ2n) is 6.95. The van der Waals surface area contributed by atoms with E-state index in [2.05, 4.69) is 40.4 Å². The van der Waals surface area contributed by atoms with E-state index >= 15 is 0 Å². The van der Waals surface area contributed by atoms with Crippen LogP contribution in [0.15, 0.2) is 79.3 Å². The molecule has 4 aromatic rings. The summed E-state index contributed by atoms with van der Waals surface area (Å²) in [6, 6.07) is 19.6. The maximum Gasteiger partial charge on any atom is 0.258 e. The van der Waals surface area contributed by atoms with Crippen LogP contribution in [-0.4, -0.2) is 22.9 Å². The van der Waals surface area contributed by atoms with Crippen molar-refractivity contribution >= 4 is 28.2 Å². The van der Waals surface area contributed by atoms with Gasteiger partial charge >= 0.3 is 0 Å². The third-order valence-electron chi connectivity index (χ3n) is 5.01. The van der Waals surface area contributed by atoms with Crippen LogP contribution in [0.1, 0.15) is 21.5 Å². The molecule has 2 aromatic carbocycles. The number of pyridine rings is 2. The van der Waals surface area contributed by atoms with Crippen LogP contribution in [-0.2, 0) is 6.54 Å². The van der Waals surface area contributed by atoms with Crippen LogP contribution >= 0.6 is 0 Å². The molecule has 5 heteroatoms. The first kappa shape index (κ1) is 18.6. The van der Waals surface area contributed by atoms with Gasteiger partial charge in [0.05, 0.1) is 5.52 Å². The molecule has 4 rings (SSSR count). The normalized spacial score (nSPS) is 10.7. The first-order valence-electron chi connectivity index (χ1n) is 9.49. The van der Waals surface area contributed by atoms with Crippen LogP contribution in [0, 0.1) is 6.92 Å². The zero-order valence-corrected chi connectivity index (χ0v) is 16.5. The number of amides is 1. The van der Waals surface area contributed by atoms with Crippen LogP contribution in [0.25, 0.3) is 10.9 Å². The number of nitrogens with zero attached hydrogens (tertiary/aromatic N) is 3. The Hall–Kier alpha value is -3.73. The van der Waals surface area contributed by atoms with E-state index in [0.717, 1.165) is 33.4 Å². The second-order valence-corrected chi connectivity index (χ2v) is 6.95. The molecule has 1 amide bonds. The third kappa shape index (κ3) is 3.94. The Balaban J connectivity index is 1.47. The van der Waals surface area contributed by atoms with E-state index in [9.17, 15) is 4.79 Å². The van der Waals surface area contributed by atoms with Gasteiger partial charge in [-0.2, -0.15) is 0 Å². The highest BCUT2D eigenvalue weighted by Gasteiger charge is 2.13. The third-order valence-corrected chi connectivity index (χ3v) is 5.01. The molecule has 2 aromatic heterocycles. The van der Waals surface area contributed by atoms with Crippen LogP contribution in [0.2, 0.25) is 0 Å². The molecule has 1 N–H and O–H groups in total. The van der Waals surface area contributed by atoms with Gasteiger partial charge in [0.2, 0.25) is 0 Å². The van der Waals surface area contributed by atoms with Gasteiger partial charge in [0, 0.05) is 54.5 Å². The summed E-state index contributed by atoms with van der Waals surface area (Å²) in [5, 5.41) is 4.62. The van der Waals surface area contributed by atoms with E-state index in [1.54, 1.807) is 36.5 Å². The Kier molecular flexibility index (Phi) is 5.20. The number of para-hydroxylation sites is 1. The van der Waals surface area contributed by atoms with Crippen LogP contribution in [0.5, 0.6) is 0 Å². The SMILES string of the molecule is Cc1cccc2c(NCc3ccc(N(C)C(=O)c4ccncc4)cc3)ccnc12. The average Bonchev–Trinajstić information content (AvgIpc) is 2.78. The quantitative estimate of drug-likeness (QED) is 0.537. The zero-order valence-electron chi connectivity index (χ0n) is 16.5. The molecule has 0 fully saturated rings. The van der Waals surface area contributed by atoms with Crippen LogP contribution in [0.4, 0.5) is 11.4 Å². The second kappa shape index (κ2) is 8.10. The van der Waals surface area contributed by atoms with Gasteiger partial charge in [-0.05, 0) is 48.4 Å². The lowest BCUT2D eigenvalue weighted by Gasteiger charge is -2.18. The van der Waals surface area contributed by atoms with Crippen molar-refractivity contribution in [1.82, 2.24) is 9.97 Å². The number of benzene rings is 2. The first-order chi connectivity index (χ1) is 14.1. The standard InChI is InChI=1S/C24H22N4O/c1-17-4-3-5-21-22(12-15-26-23(17)21)27-16-18-6-8-20(9-7-18)28(2)24(29)19-10-13-25-14-11-19/h3-15H,16H2,1-2H3,(H,26,27). The fraction of sp³-hybridized carbons (Fsp3) is 0.125. The number of aryl methyl sites for hydroxylation is 1. The Morgan fingerprint density at radius 1 is 0.966 bits per heavy atom. The minimum Gasteiger partial charge on any atom is -0.380 e. The zero-order chi connectivity index (χ0) is 20.2. The number of hydrogen-bond acceptors (Lipinski definition) is 4. The monoisotopic (exact) mass is 382 g/mol. The lowest BCUT2D eigenvalue weighted by Crippen LogP contribution is -2.26. The van der Waals surface area contributed by atoms with Crippen LogP contribution in [0.3, 0.4) is 0 Å².